The highest BCUT2D eigenvalue weighted by Crippen LogP contribution is 2.32. The molecule has 0 radical (unpaired) electrons. The van der Waals surface area contributed by atoms with E-state index in [0.717, 1.165) is 9.80 Å². The molecule has 2 aromatic carbocycles. The number of carboxylic acids is 1. The number of aliphatic hydroxyl groups is 1. The lowest BCUT2D eigenvalue weighted by Crippen LogP contribution is -2.54. The summed E-state index contributed by atoms with van der Waals surface area (Å²) in [5.74, 6) is -4.52. The van der Waals surface area contributed by atoms with Gasteiger partial charge in [-0.1, -0.05) is 24.3 Å². The minimum Gasteiger partial charge on any atom is -0.481 e. The number of nitrogens with one attached hydrogen (secondary N) is 1. The van der Waals surface area contributed by atoms with Crippen LogP contribution < -0.4 is 25.0 Å². The Labute approximate surface area is 233 Å². The molecule has 2 atom stereocenters. The monoisotopic (exact) mass is 574 g/mol. The van der Waals surface area contributed by atoms with Gasteiger partial charge in [-0.2, -0.15) is 0 Å². The molecule has 1 heterocycles. The van der Waals surface area contributed by atoms with Gasteiger partial charge in [-0.25, -0.2) is 0 Å². The maximum atomic E-state index is 13.2. The molecule has 0 aliphatic carbocycles. The van der Waals surface area contributed by atoms with E-state index >= 15 is 0 Å². The molecular weight excluding hydrogens is 548 g/mol. The molecule has 1 aliphatic heterocycles. The number of anilines is 2. The Balaban J connectivity index is 0.000000611. The van der Waals surface area contributed by atoms with Gasteiger partial charge < -0.3 is 44.8 Å². The van der Waals surface area contributed by atoms with Crippen LogP contribution in [-0.2, 0) is 28.8 Å². The number of rotatable bonds is 10. The number of fused-ring (bicyclic) bond motifs is 1. The van der Waals surface area contributed by atoms with Crippen LogP contribution >= 0.6 is 12.9 Å². The van der Waals surface area contributed by atoms with Gasteiger partial charge in [-0.3, -0.25) is 24.0 Å². The van der Waals surface area contributed by atoms with E-state index in [9.17, 15) is 38.7 Å². The summed E-state index contributed by atoms with van der Waals surface area (Å²) in [6.07, 6.45) is 0.625. The summed E-state index contributed by atoms with van der Waals surface area (Å²) in [7, 11) is 0. The summed E-state index contributed by atoms with van der Waals surface area (Å²) >= 11 is 3.67. The van der Waals surface area contributed by atoms with E-state index in [1.165, 1.54) is 24.3 Å². The van der Waals surface area contributed by atoms with Crippen molar-refractivity contribution < 1.29 is 48.0 Å². The molecule has 0 aromatic heterocycles. The van der Waals surface area contributed by atoms with E-state index in [1.54, 1.807) is 24.3 Å². The predicted molar refractivity (Wildman–Crippen MR) is 143 cm³/mol. The van der Waals surface area contributed by atoms with Crippen molar-refractivity contribution in [1.29, 1.82) is 0 Å². The van der Waals surface area contributed by atoms with Crippen LogP contribution in [0.5, 0.6) is 5.75 Å². The smallest absolute Gasteiger partial charge is 0.305 e. The Morgan fingerprint density at radius 2 is 1.73 bits per heavy atom. The fourth-order valence-corrected chi connectivity index (χ4v) is 3.77. The number of carboxylic acid groups (broad SMARTS) is 1. The summed E-state index contributed by atoms with van der Waals surface area (Å²) in [5.41, 5.74) is 5.38. The molecule has 1 aliphatic rings. The molecular formula is C25H26N4O10S. The standard InChI is InChI=1S/C21H19N3O7S.C4H7NO3/c25-10-9-23-15-6-2-3-7-16(15)24(18(27)12-26)11-14(21(23)30)22-20(29)19(28)13-5-1-4-8-17(13)31-32;5-3(2-6)1-4(7)8/h1-8,10,14,26,32H,9,11-12H2,(H,22,29);2-3H,1,5H2,(H,7,8). The molecule has 15 heteroatoms. The fourth-order valence-electron chi connectivity index (χ4n) is 3.61. The zero-order valence-corrected chi connectivity index (χ0v) is 21.7. The van der Waals surface area contributed by atoms with Crippen molar-refractivity contribution in [2.45, 2.75) is 18.5 Å². The quantitative estimate of drug-likeness (QED) is 0.0773. The third kappa shape index (κ3) is 7.95. The third-order valence-electron chi connectivity index (χ3n) is 5.41. The van der Waals surface area contributed by atoms with Crippen molar-refractivity contribution in [2.75, 3.05) is 29.5 Å². The summed E-state index contributed by atoms with van der Waals surface area (Å²) < 4.78 is 4.80. The van der Waals surface area contributed by atoms with Crippen LogP contribution in [0.4, 0.5) is 11.4 Å². The average Bonchev–Trinajstić information content (AvgIpc) is 3.07. The first-order valence-corrected chi connectivity index (χ1v) is 11.9. The molecule has 2 unspecified atom stereocenters. The third-order valence-corrected chi connectivity index (χ3v) is 5.61. The number of hydrogen-bond acceptors (Lipinski definition) is 11. The van der Waals surface area contributed by atoms with Gasteiger partial charge in [0.15, 0.2) is 0 Å². The normalized spacial score (nSPS) is 14.9. The van der Waals surface area contributed by atoms with Crippen LogP contribution in [0.15, 0.2) is 48.5 Å². The maximum absolute atomic E-state index is 13.2. The zero-order valence-electron chi connectivity index (χ0n) is 20.8. The van der Waals surface area contributed by atoms with Crippen LogP contribution in [-0.4, -0.2) is 84.0 Å². The minimum atomic E-state index is -1.36. The average molecular weight is 575 g/mol. The van der Waals surface area contributed by atoms with Gasteiger partial charge in [-0.15, -0.1) is 0 Å². The highest BCUT2D eigenvalue weighted by molar-refractivity contribution is 7.75. The van der Waals surface area contributed by atoms with Crippen molar-refractivity contribution in [1.82, 2.24) is 5.32 Å². The van der Waals surface area contributed by atoms with Gasteiger partial charge in [0, 0.05) is 12.9 Å². The van der Waals surface area contributed by atoms with E-state index in [-0.39, 0.29) is 42.2 Å². The van der Waals surface area contributed by atoms with Gasteiger partial charge in [-0.05, 0) is 24.3 Å². The largest absolute Gasteiger partial charge is 0.481 e. The van der Waals surface area contributed by atoms with Gasteiger partial charge in [0.2, 0.25) is 0 Å². The second-order valence-corrected chi connectivity index (χ2v) is 8.29. The number of ketones is 1. The number of aliphatic hydroxyl groups excluding tert-OH is 1. The Morgan fingerprint density at radius 1 is 1.10 bits per heavy atom. The fraction of sp³-hybridized carbons (Fsp3) is 0.240. The molecule has 0 saturated carbocycles. The second kappa shape index (κ2) is 15.1. The Bertz CT molecular complexity index is 1290. The van der Waals surface area contributed by atoms with E-state index in [4.69, 9.17) is 15.0 Å². The Kier molecular flexibility index (Phi) is 11.9. The van der Waals surface area contributed by atoms with E-state index in [0.29, 0.717) is 12.6 Å². The zero-order chi connectivity index (χ0) is 29.8. The SMILES string of the molecule is NC(C=O)CC(=O)O.O=CCN1C(=O)C(NC(=O)C(=O)c2ccccc2OS)CN(C(=O)CO)c2ccccc21. The van der Waals surface area contributed by atoms with Crippen molar-refractivity contribution >= 4 is 66.3 Å². The predicted octanol–water partition coefficient (Wildman–Crippen LogP) is -0.864. The van der Waals surface area contributed by atoms with Gasteiger partial charge in [0.25, 0.3) is 23.5 Å². The lowest BCUT2D eigenvalue weighted by atomic mass is 10.1. The number of amides is 3. The van der Waals surface area contributed by atoms with Crippen LogP contribution in [0.3, 0.4) is 0 Å². The maximum Gasteiger partial charge on any atom is 0.305 e. The van der Waals surface area contributed by atoms with Gasteiger partial charge in [0.1, 0.15) is 31.0 Å². The summed E-state index contributed by atoms with van der Waals surface area (Å²) in [6.45, 7) is -1.54. The number of carbonyl (C=O) groups excluding carboxylic acids is 6. The van der Waals surface area contributed by atoms with Crippen LogP contribution in [0.25, 0.3) is 0 Å². The summed E-state index contributed by atoms with van der Waals surface area (Å²) in [6, 6.07) is 10.0. The van der Waals surface area contributed by atoms with Crippen LogP contribution in [0.2, 0.25) is 0 Å². The molecule has 0 fully saturated rings. The van der Waals surface area contributed by atoms with Gasteiger partial charge >= 0.3 is 5.97 Å². The molecule has 0 bridgehead atoms. The van der Waals surface area contributed by atoms with E-state index in [2.05, 4.69) is 18.2 Å². The van der Waals surface area contributed by atoms with Crippen molar-refractivity contribution in [3.63, 3.8) is 0 Å². The number of nitrogens with two attached hydrogens (primary N) is 1. The molecule has 14 nitrogen and oxygen atoms in total. The van der Waals surface area contributed by atoms with Crippen molar-refractivity contribution in [3.8, 4) is 5.75 Å². The van der Waals surface area contributed by atoms with Gasteiger partial charge in [0.05, 0.1) is 42.5 Å². The highest BCUT2D eigenvalue weighted by Gasteiger charge is 2.37. The first-order valence-electron chi connectivity index (χ1n) is 11.5. The number of carbonyl (C=O) groups is 7. The number of aliphatic carboxylic acids is 1. The number of Topliss-reactive ketones (excluding diaryl/α,β-unsaturated/α-hetero) is 1. The van der Waals surface area contributed by atoms with E-state index < -0.39 is 48.2 Å². The summed E-state index contributed by atoms with van der Waals surface area (Å²) in [4.78, 5) is 83.8. The van der Waals surface area contributed by atoms with E-state index in [1.807, 2.05) is 0 Å². The van der Waals surface area contributed by atoms with Crippen LogP contribution in [0, 0.1) is 0 Å². The molecule has 212 valence electrons. The van der Waals surface area contributed by atoms with Crippen molar-refractivity contribution in [2.24, 2.45) is 5.73 Å². The number of para-hydroxylation sites is 3. The van der Waals surface area contributed by atoms with Crippen molar-refractivity contribution in [3.05, 3.63) is 54.1 Å². The molecule has 3 amide bonds. The second-order valence-electron chi connectivity index (χ2n) is 8.11. The molecule has 0 spiro atoms. The first-order chi connectivity index (χ1) is 19.1. The van der Waals surface area contributed by atoms with Crippen LogP contribution in [0.1, 0.15) is 16.8 Å². The molecule has 40 heavy (non-hydrogen) atoms. The summed E-state index contributed by atoms with van der Waals surface area (Å²) in [5, 5.41) is 19.7. The minimum absolute atomic E-state index is 0.0512. The number of thiol groups is 1. The highest BCUT2D eigenvalue weighted by atomic mass is 32.1. The number of aldehydes is 2. The number of hydrogen-bond donors (Lipinski definition) is 5. The number of nitrogens with zero attached hydrogens (tertiary/aromatic N) is 2. The lowest BCUT2D eigenvalue weighted by Gasteiger charge is -2.24. The molecule has 5 N–H and O–H groups in total. The molecule has 3 rings (SSSR count). The topological polar surface area (TPSA) is 214 Å². The molecule has 2 aromatic rings. The Morgan fingerprint density at radius 3 is 2.27 bits per heavy atom. The first kappa shape index (κ1) is 31.6. The number of benzene rings is 2. The lowest BCUT2D eigenvalue weighted by molar-refractivity contribution is -0.138. The Hall–Kier alpha value is -4.60. The molecule has 0 saturated heterocycles.